The maximum absolute atomic E-state index is 13.2. The Morgan fingerprint density at radius 3 is 2.38 bits per heavy atom. The molecule has 2 aromatic carbocycles. The number of carbonyl (C=O) groups excluding carboxylic acids is 2. The average Bonchev–Trinajstić information content (AvgIpc) is 3.11. The average molecular weight is 462 g/mol. The minimum Gasteiger partial charge on any atom is -0.508 e. The van der Waals surface area contributed by atoms with Crippen LogP contribution in [0.2, 0.25) is 0 Å². The van der Waals surface area contributed by atoms with Gasteiger partial charge in [-0.1, -0.05) is 32.9 Å². The number of halogens is 1. The van der Waals surface area contributed by atoms with Crippen molar-refractivity contribution in [2.75, 3.05) is 13.4 Å². The number of phenols is 1. The predicted octanol–water partition coefficient (Wildman–Crippen LogP) is 3.79. The maximum Gasteiger partial charge on any atom is 0.328 e. The van der Waals surface area contributed by atoms with Gasteiger partial charge in [0.15, 0.2) is 5.69 Å². The van der Waals surface area contributed by atoms with E-state index in [9.17, 15) is 19.1 Å². The summed E-state index contributed by atoms with van der Waals surface area (Å²) in [5.41, 5.74) is 0.853. The van der Waals surface area contributed by atoms with Gasteiger partial charge in [0, 0.05) is 11.5 Å². The van der Waals surface area contributed by atoms with Crippen LogP contribution in [0.25, 0.3) is 10.9 Å². The Kier molecular flexibility index (Phi) is 8.26. The summed E-state index contributed by atoms with van der Waals surface area (Å²) in [6.07, 6.45) is 1.69. The molecule has 32 heavy (non-hydrogen) atoms. The summed E-state index contributed by atoms with van der Waals surface area (Å²) in [4.78, 5) is 25.2. The Balaban J connectivity index is 0.00000176. The number of nitrogens with zero attached hydrogens (tertiary/aromatic N) is 2. The van der Waals surface area contributed by atoms with Crippen molar-refractivity contribution in [2.45, 2.75) is 33.4 Å². The fourth-order valence-electron chi connectivity index (χ4n) is 3.16. The van der Waals surface area contributed by atoms with Crippen molar-refractivity contribution in [2.24, 2.45) is 5.41 Å². The number of benzene rings is 2. The van der Waals surface area contributed by atoms with Gasteiger partial charge in [0.25, 0.3) is 5.91 Å². The Hall–Kier alpha value is -3.07. The molecule has 0 aliphatic carbocycles. The van der Waals surface area contributed by atoms with Crippen molar-refractivity contribution in [1.29, 1.82) is 0 Å². The van der Waals surface area contributed by atoms with Crippen LogP contribution in [0.4, 0.5) is 4.39 Å². The molecule has 3 rings (SSSR count). The molecule has 172 valence electrons. The summed E-state index contributed by atoms with van der Waals surface area (Å²) in [6.45, 7) is 5.72. The molecule has 1 atom stereocenters. The smallest absolute Gasteiger partial charge is 0.328 e. The van der Waals surface area contributed by atoms with E-state index in [4.69, 9.17) is 4.74 Å². The number of thiol groups is 1. The monoisotopic (exact) mass is 461 g/mol. The van der Waals surface area contributed by atoms with Gasteiger partial charge in [-0.3, -0.25) is 9.48 Å². The third-order valence-electron chi connectivity index (χ3n) is 4.77. The highest BCUT2D eigenvalue weighted by Gasteiger charge is 2.34. The molecule has 0 spiro atoms. The molecule has 1 aromatic heterocycles. The molecule has 1 amide bonds. The van der Waals surface area contributed by atoms with E-state index in [1.54, 1.807) is 29.1 Å². The maximum atomic E-state index is 13.2. The molecule has 0 aliphatic heterocycles. The first-order chi connectivity index (χ1) is 15.1. The first kappa shape index (κ1) is 25.2. The number of aromatic hydroxyl groups is 1. The molecule has 9 heteroatoms. The molecule has 0 bridgehead atoms. The number of nitrogens with one attached hydrogen (secondary N) is 1. The van der Waals surface area contributed by atoms with Gasteiger partial charge in [-0.2, -0.15) is 17.7 Å². The van der Waals surface area contributed by atoms with Crippen molar-refractivity contribution in [3.05, 3.63) is 59.5 Å². The lowest BCUT2D eigenvalue weighted by Crippen LogP contribution is -2.49. The van der Waals surface area contributed by atoms with Gasteiger partial charge in [-0.15, -0.1) is 0 Å². The number of aromatic nitrogens is 2. The first-order valence-electron chi connectivity index (χ1n) is 9.87. The highest BCUT2D eigenvalue weighted by molar-refractivity contribution is 7.79. The number of carbonyl (C=O) groups is 2. The second kappa shape index (κ2) is 10.5. The van der Waals surface area contributed by atoms with Gasteiger partial charge in [0.2, 0.25) is 0 Å². The van der Waals surface area contributed by atoms with Crippen molar-refractivity contribution in [3.63, 3.8) is 0 Å². The minimum atomic E-state index is -0.871. The number of methoxy groups -OCH3 is 1. The molecule has 0 fully saturated rings. The number of esters is 1. The molecule has 1 unspecified atom stereocenters. The quantitative estimate of drug-likeness (QED) is 0.397. The zero-order valence-corrected chi connectivity index (χ0v) is 19.6. The van der Waals surface area contributed by atoms with Crippen LogP contribution in [-0.4, -0.2) is 46.2 Å². The van der Waals surface area contributed by atoms with E-state index >= 15 is 0 Å². The zero-order chi connectivity index (χ0) is 24.1. The Bertz CT molecular complexity index is 1090. The number of amides is 1. The van der Waals surface area contributed by atoms with Crippen LogP contribution in [0.5, 0.6) is 5.75 Å². The van der Waals surface area contributed by atoms with Crippen molar-refractivity contribution < 1.29 is 23.8 Å². The SMILES string of the molecule is COC(=O)C(NC(=O)c1nn(Cc2ccc(F)cc2)c2cc(O)ccc12)C(C)(C)C.CS. The third-order valence-corrected chi connectivity index (χ3v) is 4.77. The van der Waals surface area contributed by atoms with Gasteiger partial charge in [0.1, 0.15) is 17.6 Å². The molecule has 0 aliphatic rings. The number of phenolic OH excluding ortho intramolecular Hbond substituents is 1. The van der Waals surface area contributed by atoms with Crippen LogP contribution in [-0.2, 0) is 16.1 Å². The molecule has 2 N–H and O–H groups in total. The normalized spacial score (nSPS) is 12.0. The highest BCUT2D eigenvalue weighted by Crippen LogP contribution is 2.26. The largest absolute Gasteiger partial charge is 0.508 e. The lowest BCUT2D eigenvalue weighted by molar-refractivity contribution is -0.145. The minimum absolute atomic E-state index is 0.0249. The van der Waals surface area contributed by atoms with E-state index in [1.807, 2.05) is 20.8 Å². The van der Waals surface area contributed by atoms with Gasteiger partial charge >= 0.3 is 5.97 Å². The summed E-state index contributed by atoms with van der Waals surface area (Å²) in [7, 11) is 1.27. The van der Waals surface area contributed by atoms with Crippen molar-refractivity contribution in [1.82, 2.24) is 15.1 Å². The van der Waals surface area contributed by atoms with Gasteiger partial charge in [-0.25, -0.2) is 9.18 Å². The number of ether oxygens (including phenoxy) is 1. The molecule has 1 heterocycles. The van der Waals surface area contributed by atoms with E-state index in [0.29, 0.717) is 10.9 Å². The molecular weight excluding hydrogens is 433 g/mol. The summed E-state index contributed by atoms with van der Waals surface area (Å²) < 4.78 is 19.6. The number of rotatable bonds is 5. The zero-order valence-electron chi connectivity index (χ0n) is 18.7. The second-order valence-corrected chi connectivity index (χ2v) is 8.13. The fourth-order valence-corrected chi connectivity index (χ4v) is 3.16. The fraction of sp³-hybridized carbons (Fsp3) is 0.348. The predicted molar refractivity (Wildman–Crippen MR) is 125 cm³/mol. The lowest BCUT2D eigenvalue weighted by Gasteiger charge is -2.28. The molecule has 0 radical (unpaired) electrons. The highest BCUT2D eigenvalue weighted by atomic mass is 32.1. The van der Waals surface area contributed by atoms with Crippen LogP contribution >= 0.6 is 12.6 Å². The van der Waals surface area contributed by atoms with E-state index in [0.717, 1.165) is 5.56 Å². The van der Waals surface area contributed by atoms with Crippen LogP contribution in [0.3, 0.4) is 0 Å². The second-order valence-electron chi connectivity index (χ2n) is 8.13. The van der Waals surface area contributed by atoms with E-state index in [1.165, 1.54) is 31.4 Å². The molecular formula is C23H28FN3O4S. The van der Waals surface area contributed by atoms with Gasteiger partial charge in [-0.05, 0) is 41.5 Å². The topological polar surface area (TPSA) is 93.5 Å². The van der Waals surface area contributed by atoms with Gasteiger partial charge in [0.05, 0.1) is 19.2 Å². The Morgan fingerprint density at radius 2 is 1.81 bits per heavy atom. The standard InChI is InChI=1S/C22H24FN3O4.CH4S/c1-22(2,3)19(21(29)30-4)24-20(28)18-16-10-9-15(27)11-17(16)26(25-18)12-13-5-7-14(23)8-6-13;1-2/h5-11,19,27H,12H2,1-4H3,(H,24,28);2H,1H3. The number of fused-ring (bicyclic) bond motifs is 1. The first-order valence-corrected chi connectivity index (χ1v) is 10.8. The molecule has 0 saturated carbocycles. The van der Waals surface area contributed by atoms with Crippen molar-refractivity contribution in [3.8, 4) is 5.75 Å². The van der Waals surface area contributed by atoms with Gasteiger partial charge < -0.3 is 15.2 Å². The van der Waals surface area contributed by atoms with Crippen LogP contribution in [0.1, 0.15) is 36.8 Å². The Morgan fingerprint density at radius 1 is 1.19 bits per heavy atom. The van der Waals surface area contributed by atoms with E-state index in [-0.39, 0.29) is 23.8 Å². The van der Waals surface area contributed by atoms with Crippen molar-refractivity contribution >= 4 is 35.4 Å². The molecule has 0 saturated heterocycles. The number of hydrogen-bond donors (Lipinski definition) is 3. The van der Waals surface area contributed by atoms with E-state index in [2.05, 4.69) is 23.0 Å². The van der Waals surface area contributed by atoms with Crippen LogP contribution < -0.4 is 5.32 Å². The summed E-state index contributed by atoms with van der Waals surface area (Å²) in [5.74, 6) is -1.41. The van der Waals surface area contributed by atoms with Crippen LogP contribution in [0.15, 0.2) is 42.5 Å². The summed E-state index contributed by atoms with van der Waals surface area (Å²) in [6, 6.07) is 9.63. The molecule has 7 nitrogen and oxygen atoms in total. The number of hydrogen-bond acceptors (Lipinski definition) is 6. The third kappa shape index (κ3) is 5.79. The van der Waals surface area contributed by atoms with Crippen LogP contribution in [0, 0.1) is 11.2 Å². The Labute approximate surface area is 192 Å². The lowest BCUT2D eigenvalue weighted by atomic mass is 9.86. The van der Waals surface area contributed by atoms with E-state index < -0.39 is 23.3 Å². The summed E-state index contributed by atoms with van der Waals surface area (Å²) >= 11 is 3.53. The summed E-state index contributed by atoms with van der Waals surface area (Å²) in [5, 5.41) is 17.6. The molecule has 3 aromatic rings.